The fourth-order valence-corrected chi connectivity index (χ4v) is 3.00. The van der Waals surface area contributed by atoms with Crippen LogP contribution < -0.4 is 19.8 Å². The van der Waals surface area contributed by atoms with Gasteiger partial charge in [0.25, 0.3) is 5.56 Å². The van der Waals surface area contributed by atoms with E-state index in [0.717, 1.165) is 12.8 Å². The number of para-hydroxylation sites is 2. The van der Waals surface area contributed by atoms with Crippen molar-refractivity contribution in [2.75, 3.05) is 6.61 Å². The minimum Gasteiger partial charge on any atom is -0.490 e. The Morgan fingerprint density at radius 2 is 1.77 bits per heavy atom. The highest BCUT2D eigenvalue weighted by atomic mass is 16.6. The number of esters is 1. The van der Waals surface area contributed by atoms with Crippen molar-refractivity contribution < 1.29 is 19.0 Å². The molecule has 3 aromatic rings. The second kappa shape index (κ2) is 9.91. The van der Waals surface area contributed by atoms with E-state index in [4.69, 9.17) is 14.2 Å². The lowest BCUT2D eigenvalue weighted by Gasteiger charge is -2.16. The summed E-state index contributed by atoms with van der Waals surface area (Å²) in [6.45, 7) is 4.32. The Morgan fingerprint density at radius 1 is 1.03 bits per heavy atom. The van der Waals surface area contributed by atoms with Crippen LogP contribution in [0.5, 0.6) is 17.2 Å². The Hall–Kier alpha value is -3.35. The summed E-state index contributed by atoms with van der Waals surface area (Å²) in [6, 6.07) is 12.4. The van der Waals surface area contributed by atoms with Crippen molar-refractivity contribution in [1.82, 2.24) is 9.55 Å². The number of ether oxygens (including phenoxy) is 3. The van der Waals surface area contributed by atoms with Crippen LogP contribution >= 0.6 is 0 Å². The molecule has 0 N–H and O–H groups in total. The lowest BCUT2D eigenvalue weighted by molar-refractivity contribution is -0.134. The van der Waals surface area contributed by atoms with Crippen LogP contribution in [0.3, 0.4) is 0 Å². The average Bonchev–Trinajstić information content (AvgIpc) is 2.75. The number of nitrogens with zero attached hydrogens (tertiary/aromatic N) is 2. The van der Waals surface area contributed by atoms with E-state index in [-0.39, 0.29) is 23.9 Å². The first-order chi connectivity index (χ1) is 14.5. The Bertz CT molecular complexity index is 1090. The van der Waals surface area contributed by atoms with Gasteiger partial charge in [-0.15, -0.1) is 0 Å². The van der Waals surface area contributed by atoms with Crippen molar-refractivity contribution in [3.63, 3.8) is 0 Å². The van der Waals surface area contributed by atoms with E-state index >= 15 is 0 Å². The lowest BCUT2D eigenvalue weighted by Crippen LogP contribution is -2.23. The molecule has 0 fully saturated rings. The maximum absolute atomic E-state index is 12.6. The standard InChI is InChI=1S/C23H26N2O5/c1-4-6-14-21(26)30-22-18(28-5-2)12-9-13-19(22)29-15-20-24-17-11-8-7-10-16(17)23(27)25(20)3/h7-13H,4-6,14-15H2,1-3H3. The number of unbranched alkanes of at least 4 members (excludes halogenated alkanes) is 1. The van der Waals surface area contributed by atoms with E-state index in [2.05, 4.69) is 4.98 Å². The SMILES string of the molecule is CCCCC(=O)Oc1c(OCC)cccc1OCc1nc2ccccc2c(=O)n1C. The maximum Gasteiger partial charge on any atom is 0.311 e. The smallest absolute Gasteiger partial charge is 0.311 e. The predicted molar refractivity (Wildman–Crippen MR) is 114 cm³/mol. The molecule has 0 spiro atoms. The summed E-state index contributed by atoms with van der Waals surface area (Å²) in [5.74, 6) is 1.15. The Labute approximate surface area is 175 Å². The highest BCUT2D eigenvalue weighted by Crippen LogP contribution is 2.38. The maximum atomic E-state index is 12.6. The van der Waals surface area contributed by atoms with Crippen LogP contribution in [0.15, 0.2) is 47.3 Å². The van der Waals surface area contributed by atoms with E-state index in [0.29, 0.717) is 41.3 Å². The molecule has 158 valence electrons. The van der Waals surface area contributed by atoms with Crippen LogP contribution in [0.1, 0.15) is 38.9 Å². The van der Waals surface area contributed by atoms with Crippen molar-refractivity contribution >= 4 is 16.9 Å². The highest BCUT2D eigenvalue weighted by Gasteiger charge is 2.17. The van der Waals surface area contributed by atoms with Gasteiger partial charge in [0, 0.05) is 13.5 Å². The molecule has 0 saturated heterocycles. The van der Waals surface area contributed by atoms with E-state index < -0.39 is 0 Å². The van der Waals surface area contributed by atoms with Crippen molar-refractivity contribution in [2.24, 2.45) is 7.05 Å². The van der Waals surface area contributed by atoms with Crippen LogP contribution in [-0.2, 0) is 18.4 Å². The molecular weight excluding hydrogens is 384 g/mol. The third-order valence-corrected chi connectivity index (χ3v) is 4.63. The van der Waals surface area contributed by atoms with Gasteiger partial charge in [-0.25, -0.2) is 4.98 Å². The van der Waals surface area contributed by atoms with Crippen LogP contribution in [0.2, 0.25) is 0 Å². The Kier molecular flexibility index (Phi) is 7.06. The first-order valence-electron chi connectivity index (χ1n) is 10.1. The molecule has 30 heavy (non-hydrogen) atoms. The quantitative estimate of drug-likeness (QED) is 0.392. The van der Waals surface area contributed by atoms with Crippen molar-refractivity contribution in [2.45, 2.75) is 39.7 Å². The summed E-state index contributed by atoms with van der Waals surface area (Å²) in [4.78, 5) is 29.3. The normalized spacial score (nSPS) is 10.8. The van der Waals surface area contributed by atoms with E-state index in [1.807, 2.05) is 19.9 Å². The van der Waals surface area contributed by atoms with E-state index in [1.54, 1.807) is 43.4 Å². The number of hydrogen-bond acceptors (Lipinski definition) is 6. The summed E-state index contributed by atoms with van der Waals surface area (Å²) in [5.41, 5.74) is 0.460. The zero-order valence-corrected chi connectivity index (χ0v) is 17.5. The summed E-state index contributed by atoms with van der Waals surface area (Å²) in [7, 11) is 1.66. The number of carbonyl (C=O) groups excluding carboxylic acids is 1. The molecule has 2 aromatic carbocycles. The van der Waals surface area contributed by atoms with Gasteiger partial charge in [-0.05, 0) is 37.6 Å². The monoisotopic (exact) mass is 410 g/mol. The minimum absolute atomic E-state index is 0.0334. The molecule has 0 aliphatic rings. The zero-order valence-electron chi connectivity index (χ0n) is 17.5. The summed E-state index contributed by atoms with van der Waals surface area (Å²) in [6.07, 6.45) is 1.96. The first kappa shape index (κ1) is 21.4. The molecule has 0 aliphatic heterocycles. The molecular formula is C23H26N2O5. The Balaban J connectivity index is 1.88. The number of benzene rings is 2. The Morgan fingerprint density at radius 3 is 2.50 bits per heavy atom. The van der Waals surface area contributed by atoms with Gasteiger partial charge in [0.15, 0.2) is 11.5 Å². The number of rotatable bonds is 9. The lowest BCUT2D eigenvalue weighted by atomic mass is 10.2. The minimum atomic E-state index is -0.343. The van der Waals surface area contributed by atoms with Gasteiger partial charge in [0.05, 0.1) is 17.5 Å². The molecule has 0 atom stereocenters. The molecule has 0 amide bonds. The van der Waals surface area contributed by atoms with Gasteiger partial charge < -0.3 is 14.2 Å². The fraction of sp³-hybridized carbons (Fsp3) is 0.348. The molecule has 1 heterocycles. The van der Waals surface area contributed by atoms with Crippen molar-refractivity contribution in [1.29, 1.82) is 0 Å². The summed E-state index contributed by atoms with van der Waals surface area (Å²) >= 11 is 0. The molecule has 0 saturated carbocycles. The van der Waals surface area contributed by atoms with Gasteiger partial charge >= 0.3 is 5.97 Å². The molecule has 7 nitrogen and oxygen atoms in total. The molecule has 0 unspecified atom stereocenters. The van der Waals surface area contributed by atoms with Gasteiger partial charge in [0.2, 0.25) is 5.75 Å². The fourth-order valence-electron chi connectivity index (χ4n) is 3.00. The number of fused-ring (bicyclic) bond motifs is 1. The van der Waals surface area contributed by atoms with Crippen LogP contribution in [0, 0.1) is 0 Å². The molecule has 0 radical (unpaired) electrons. The van der Waals surface area contributed by atoms with Crippen molar-refractivity contribution in [3.8, 4) is 17.2 Å². The van der Waals surface area contributed by atoms with Crippen LogP contribution in [-0.4, -0.2) is 22.1 Å². The average molecular weight is 410 g/mol. The van der Waals surface area contributed by atoms with Gasteiger partial charge in [-0.2, -0.15) is 0 Å². The topological polar surface area (TPSA) is 79.7 Å². The number of hydrogen-bond donors (Lipinski definition) is 0. The van der Waals surface area contributed by atoms with Gasteiger partial charge in [-0.1, -0.05) is 31.5 Å². The molecule has 3 rings (SSSR count). The van der Waals surface area contributed by atoms with Crippen molar-refractivity contribution in [3.05, 3.63) is 58.6 Å². The first-order valence-corrected chi connectivity index (χ1v) is 10.1. The second-order valence-electron chi connectivity index (χ2n) is 6.79. The molecule has 1 aromatic heterocycles. The third kappa shape index (κ3) is 4.79. The van der Waals surface area contributed by atoms with E-state index in [1.165, 1.54) is 4.57 Å². The number of aromatic nitrogens is 2. The van der Waals surface area contributed by atoms with Gasteiger partial charge in [0.1, 0.15) is 12.4 Å². The number of carbonyl (C=O) groups is 1. The van der Waals surface area contributed by atoms with Crippen LogP contribution in [0.4, 0.5) is 0 Å². The summed E-state index contributed by atoms with van der Waals surface area (Å²) in [5, 5.41) is 0.549. The summed E-state index contributed by atoms with van der Waals surface area (Å²) < 4.78 is 18.6. The second-order valence-corrected chi connectivity index (χ2v) is 6.79. The molecule has 0 aliphatic carbocycles. The third-order valence-electron chi connectivity index (χ3n) is 4.63. The van der Waals surface area contributed by atoms with Gasteiger partial charge in [-0.3, -0.25) is 14.2 Å². The zero-order chi connectivity index (χ0) is 21.5. The molecule has 0 bridgehead atoms. The van der Waals surface area contributed by atoms with E-state index in [9.17, 15) is 9.59 Å². The largest absolute Gasteiger partial charge is 0.490 e. The molecule has 7 heteroatoms. The highest BCUT2D eigenvalue weighted by molar-refractivity contribution is 5.77. The predicted octanol–water partition coefficient (Wildman–Crippen LogP) is 4.01. The van der Waals surface area contributed by atoms with Crippen LogP contribution in [0.25, 0.3) is 10.9 Å².